The van der Waals surface area contributed by atoms with Crippen molar-refractivity contribution >= 4 is 26.7 Å². The highest BCUT2D eigenvalue weighted by Gasteiger charge is 2.15. The molecule has 1 fully saturated rings. The standard InChI is InChI=1S/C14H18N2OS/c1-9-6-10(2)13-12(7-9)18-14(16-13)15-8-11-4-3-5-17-11/h6-7,11H,3-5,8H2,1-2H3,(H,15,16). The maximum atomic E-state index is 5.61. The Morgan fingerprint density at radius 3 is 3.11 bits per heavy atom. The number of benzene rings is 1. The SMILES string of the molecule is Cc1cc(C)c2nc(NCC3CCCO3)sc2c1. The van der Waals surface area contributed by atoms with Gasteiger partial charge in [-0.1, -0.05) is 17.4 Å². The van der Waals surface area contributed by atoms with E-state index < -0.39 is 0 Å². The van der Waals surface area contributed by atoms with Crippen LogP contribution in [0.5, 0.6) is 0 Å². The second-order valence-corrected chi connectivity index (χ2v) is 5.99. The summed E-state index contributed by atoms with van der Waals surface area (Å²) >= 11 is 1.73. The molecule has 1 aromatic heterocycles. The molecule has 0 bridgehead atoms. The minimum atomic E-state index is 0.361. The van der Waals surface area contributed by atoms with E-state index in [1.807, 2.05) is 0 Å². The quantitative estimate of drug-likeness (QED) is 0.919. The Morgan fingerprint density at radius 2 is 2.33 bits per heavy atom. The van der Waals surface area contributed by atoms with Crippen molar-refractivity contribution in [1.29, 1.82) is 0 Å². The highest BCUT2D eigenvalue weighted by molar-refractivity contribution is 7.22. The second kappa shape index (κ2) is 4.86. The first-order chi connectivity index (χ1) is 8.72. The van der Waals surface area contributed by atoms with Crippen LogP contribution in [-0.4, -0.2) is 24.2 Å². The van der Waals surface area contributed by atoms with Crippen molar-refractivity contribution in [3.8, 4) is 0 Å². The van der Waals surface area contributed by atoms with Crippen molar-refractivity contribution in [2.24, 2.45) is 0 Å². The van der Waals surface area contributed by atoms with Crippen LogP contribution in [0.3, 0.4) is 0 Å². The Kier molecular flexibility index (Phi) is 3.22. The van der Waals surface area contributed by atoms with Crippen molar-refractivity contribution in [1.82, 2.24) is 4.98 Å². The Balaban J connectivity index is 1.78. The highest BCUT2D eigenvalue weighted by Crippen LogP contribution is 2.29. The van der Waals surface area contributed by atoms with Gasteiger partial charge in [0.25, 0.3) is 0 Å². The van der Waals surface area contributed by atoms with Crippen LogP contribution in [0.25, 0.3) is 10.2 Å². The zero-order valence-corrected chi connectivity index (χ0v) is 11.6. The number of thiazole rings is 1. The van der Waals surface area contributed by atoms with Gasteiger partial charge < -0.3 is 10.1 Å². The number of aryl methyl sites for hydroxylation is 2. The van der Waals surface area contributed by atoms with Gasteiger partial charge in [0.15, 0.2) is 5.13 Å². The lowest BCUT2D eigenvalue weighted by Gasteiger charge is -2.08. The van der Waals surface area contributed by atoms with Crippen LogP contribution in [0.2, 0.25) is 0 Å². The van der Waals surface area contributed by atoms with Gasteiger partial charge in [-0.25, -0.2) is 4.98 Å². The molecule has 0 amide bonds. The zero-order valence-electron chi connectivity index (χ0n) is 10.8. The summed E-state index contributed by atoms with van der Waals surface area (Å²) in [6, 6.07) is 4.39. The first-order valence-corrected chi connectivity index (χ1v) is 7.27. The molecule has 0 radical (unpaired) electrons. The van der Waals surface area contributed by atoms with Gasteiger partial charge in [-0.3, -0.25) is 0 Å². The van der Waals surface area contributed by atoms with Gasteiger partial charge in [0.2, 0.25) is 0 Å². The number of nitrogens with one attached hydrogen (secondary N) is 1. The molecule has 1 aliphatic heterocycles. The average Bonchev–Trinajstić information content (AvgIpc) is 2.93. The van der Waals surface area contributed by atoms with Gasteiger partial charge in [-0.2, -0.15) is 0 Å². The van der Waals surface area contributed by atoms with E-state index in [1.54, 1.807) is 11.3 Å². The summed E-state index contributed by atoms with van der Waals surface area (Å²) in [4.78, 5) is 4.67. The molecule has 3 rings (SSSR count). The Bertz CT molecular complexity index is 558. The van der Waals surface area contributed by atoms with Gasteiger partial charge in [0, 0.05) is 13.2 Å². The third-order valence-electron chi connectivity index (χ3n) is 3.33. The fourth-order valence-corrected chi connectivity index (χ4v) is 3.50. The normalized spacial score (nSPS) is 19.6. The lowest BCUT2D eigenvalue weighted by atomic mass is 10.1. The molecule has 2 aromatic rings. The molecule has 0 spiro atoms. The molecule has 96 valence electrons. The number of hydrogen-bond donors (Lipinski definition) is 1. The summed E-state index contributed by atoms with van der Waals surface area (Å²) in [5.41, 5.74) is 3.68. The summed E-state index contributed by atoms with van der Waals surface area (Å²) in [5.74, 6) is 0. The first-order valence-electron chi connectivity index (χ1n) is 6.45. The van der Waals surface area contributed by atoms with Crippen LogP contribution in [0, 0.1) is 13.8 Å². The summed E-state index contributed by atoms with van der Waals surface area (Å²) in [6.07, 6.45) is 2.71. The average molecular weight is 262 g/mol. The molecule has 0 aliphatic carbocycles. The Hall–Kier alpha value is -1.13. The van der Waals surface area contributed by atoms with E-state index in [9.17, 15) is 0 Å². The molecule has 1 aliphatic rings. The van der Waals surface area contributed by atoms with Crippen LogP contribution in [0.1, 0.15) is 24.0 Å². The number of nitrogens with zero attached hydrogens (tertiary/aromatic N) is 1. The van der Waals surface area contributed by atoms with Crippen LogP contribution in [-0.2, 0) is 4.74 Å². The molecule has 2 heterocycles. The monoisotopic (exact) mass is 262 g/mol. The van der Waals surface area contributed by atoms with E-state index in [0.717, 1.165) is 30.2 Å². The Morgan fingerprint density at radius 1 is 1.44 bits per heavy atom. The maximum absolute atomic E-state index is 5.61. The first kappa shape index (κ1) is 11.9. The van der Waals surface area contributed by atoms with Gasteiger partial charge >= 0.3 is 0 Å². The number of rotatable bonds is 3. The van der Waals surface area contributed by atoms with Crippen molar-refractivity contribution in [3.63, 3.8) is 0 Å². The smallest absolute Gasteiger partial charge is 0.183 e. The largest absolute Gasteiger partial charge is 0.376 e. The van der Waals surface area contributed by atoms with Crippen molar-refractivity contribution in [3.05, 3.63) is 23.3 Å². The van der Waals surface area contributed by atoms with Gasteiger partial charge in [0.05, 0.1) is 16.3 Å². The second-order valence-electron chi connectivity index (χ2n) is 4.96. The van der Waals surface area contributed by atoms with Gasteiger partial charge in [-0.05, 0) is 43.9 Å². The highest BCUT2D eigenvalue weighted by atomic mass is 32.1. The summed E-state index contributed by atoms with van der Waals surface area (Å²) in [5, 5.41) is 4.41. The Labute approximate surface area is 111 Å². The minimum absolute atomic E-state index is 0.361. The fraction of sp³-hybridized carbons (Fsp3) is 0.500. The number of aromatic nitrogens is 1. The predicted octanol–water partition coefficient (Wildman–Crippen LogP) is 3.50. The summed E-state index contributed by atoms with van der Waals surface area (Å²) < 4.78 is 6.87. The maximum Gasteiger partial charge on any atom is 0.183 e. The molecular formula is C14H18N2OS. The number of anilines is 1. The van der Waals surface area contributed by atoms with E-state index in [0.29, 0.717) is 6.10 Å². The van der Waals surface area contributed by atoms with Gasteiger partial charge in [0.1, 0.15) is 0 Å². The number of hydrogen-bond acceptors (Lipinski definition) is 4. The lowest BCUT2D eigenvalue weighted by Crippen LogP contribution is -2.18. The zero-order chi connectivity index (χ0) is 12.5. The predicted molar refractivity (Wildman–Crippen MR) is 76.6 cm³/mol. The molecule has 18 heavy (non-hydrogen) atoms. The molecule has 0 saturated carbocycles. The molecule has 1 saturated heterocycles. The van der Waals surface area contributed by atoms with Crippen LogP contribution in [0.15, 0.2) is 12.1 Å². The molecular weight excluding hydrogens is 244 g/mol. The van der Waals surface area contributed by atoms with Crippen LogP contribution >= 0.6 is 11.3 Å². The molecule has 1 aromatic carbocycles. The minimum Gasteiger partial charge on any atom is -0.376 e. The number of ether oxygens (including phenoxy) is 1. The third-order valence-corrected chi connectivity index (χ3v) is 4.29. The van der Waals surface area contributed by atoms with E-state index in [2.05, 4.69) is 36.3 Å². The van der Waals surface area contributed by atoms with Crippen LogP contribution in [0.4, 0.5) is 5.13 Å². The third kappa shape index (κ3) is 2.35. The van der Waals surface area contributed by atoms with Crippen LogP contribution < -0.4 is 5.32 Å². The molecule has 3 nitrogen and oxygen atoms in total. The molecule has 1 atom stereocenters. The fourth-order valence-electron chi connectivity index (χ4n) is 2.45. The van der Waals surface area contributed by atoms with Crippen molar-refractivity contribution in [2.45, 2.75) is 32.8 Å². The van der Waals surface area contributed by atoms with E-state index in [4.69, 9.17) is 4.74 Å². The van der Waals surface area contributed by atoms with Crippen molar-refractivity contribution in [2.75, 3.05) is 18.5 Å². The lowest BCUT2D eigenvalue weighted by molar-refractivity contribution is 0.120. The van der Waals surface area contributed by atoms with Gasteiger partial charge in [-0.15, -0.1) is 0 Å². The molecule has 4 heteroatoms. The van der Waals surface area contributed by atoms with E-state index in [-0.39, 0.29) is 0 Å². The number of fused-ring (bicyclic) bond motifs is 1. The van der Waals surface area contributed by atoms with Crippen molar-refractivity contribution < 1.29 is 4.74 Å². The molecule has 1 unspecified atom stereocenters. The molecule has 1 N–H and O–H groups in total. The van der Waals surface area contributed by atoms with E-state index in [1.165, 1.54) is 22.2 Å². The topological polar surface area (TPSA) is 34.2 Å². The summed E-state index contributed by atoms with van der Waals surface area (Å²) in [7, 11) is 0. The van der Waals surface area contributed by atoms with E-state index >= 15 is 0 Å². The summed E-state index contributed by atoms with van der Waals surface area (Å²) in [6.45, 7) is 6.03.